The van der Waals surface area contributed by atoms with Gasteiger partial charge in [-0.3, -0.25) is 4.79 Å². The lowest BCUT2D eigenvalue weighted by Gasteiger charge is -2.27. The fraction of sp³-hybridized carbons (Fsp3) is 0.387. The van der Waals surface area contributed by atoms with E-state index in [1.807, 2.05) is 13.8 Å². The molecule has 2 atom stereocenters. The summed E-state index contributed by atoms with van der Waals surface area (Å²) >= 11 is 0. The lowest BCUT2D eigenvalue weighted by Crippen LogP contribution is -2.46. The summed E-state index contributed by atoms with van der Waals surface area (Å²) in [6, 6.07) is 9.99. The summed E-state index contributed by atoms with van der Waals surface area (Å²) in [6.07, 6.45) is 3.80. The van der Waals surface area contributed by atoms with Crippen molar-refractivity contribution in [1.82, 2.24) is 40.2 Å². The Balaban J connectivity index is 1.53. The maximum Gasteiger partial charge on any atom is 0.331 e. The summed E-state index contributed by atoms with van der Waals surface area (Å²) in [5.41, 5.74) is 3.09. The number of methoxy groups -OCH3 is 1. The number of carboxylic acids is 1. The van der Waals surface area contributed by atoms with Gasteiger partial charge < -0.3 is 25.2 Å². The molecule has 1 fully saturated rings. The second-order valence-corrected chi connectivity index (χ2v) is 11.4. The maximum atomic E-state index is 13.6. The van der Waals surface area contributed by atoms with E-state index < -0.39 is 24.0 Å². The number of aromatic nitrogens is 6. The van der Waals surface area contributed by atoms with E-state index in [1.54, 1.807) is 47.6 Å². The van der Waals surface area contributed by atoms with Crippen LogP contribution in [0.1, 0.15) is 48.3 Å². The highest BCUT2D eigenvalue weighted by Crippen LogP contribution is 2.29. The Morgan fingerprint density at radius 1 is 0.911 bits per heavy atom. The van der Waals surface area contributed by atoms with Gasteiger partial charge in [-0.15, -0.1) is 10.2 Å². The Bertz CT molecular complexity index is 1660. The largest absolute Gasteiger partial charge is 0.508 e. The molecule has 3 N–H and O–H groups in total. The Labute approximate surface area is 259 Å². The molecular formula is C31H36N8O6. The van der Waals surface area contributed by atoms with Crippen LogP contribution in [-0.4, -0.2) is 96.2 Å². The number of aromatic hydroxyl groups is 1. The fourth-order valence-corrected chi connectivity index (χ4v) is 5.26. The van der Waals surface area contributed by atoms with Gasteiger partial charge in [-0.2, -0.15) is 0 Å². The van der Waals surface area contributed by atoms with Gasteiger partial charge in [-0.05, 0) is 48.2 Å². The minimum Gasteiger partial charge on any atom is -0.508 e. The summed E-state index contributed by atoms with van der Waals surface area (Å²) < 4.78 is 7.79. The van der Waals surface area contributed by atoms with E-state index in [0.717, 1.165) is 5.56 Å². The van der Waals surface area contributed by atoms with Crippen LogP contribution in [0.15, 0.2) is 54.9 Å². The van der Waals surface area contributed by atoms with Gasteiger partial charge in [-0.25, -0.2) is 19.0 Å². The minimum atomic E-state index is -1.01. The first kappa shape index (κ1) is 31.3. The van der Waals surface area contributed by atoms with Crippen LogP contribution in [0, 0.1) is 5.92 Å². The summed E-state index contributed by atoms with van der Waals surface area (Å²) in [5.74, 6) is -1.46. The third-order valence-corrected chi connectivity index (χ3v) is 7.65. The molecule has 2 aromatic heterocycles. The molecule has 3 heterocycles. The number of esters is 1. The quantitative estimate of drug-likeness (QED) is 0.211. The molecule has 0 radical (unpaired) electrons. The van der Waals surface area contributed by atoms with Gasteiger partial charge in [-0.1, -0.05) is 36.4 Å². The van der Waals surface area contributed by atoms with Crippen LogP contribution in [-0.2, 0) is 20.7 Å². The molecule has 0 aliphatic carbocycles. The molecule has 4 aromatic rings. The number of piperazine rings is 1. The molecular weight excluding hydrogens is 580 g/mol. The van der Waals surface area contributed by atoms with Crippen molar-refractivity contribution in [3.8, 4) is 28.3 Å². The molecule has 14 nitrogen and oxygen atoms in total. The van der Waals surface area contributed by atoms with Crippen LogP contribution in [0.5, 0.6) is 5.75 Å². The summed E-state index contributed by atoms with van der Waals surface area (Å²) in [5, 5.41) is 39.6. The Morgan fingerprint density at radius 2 is 1.49 bits per heavy atom. The van der Waals surface area contributed by atoms with E-state index >= 15 is 0 Å². The van der Waals surface area contributed by atoms with Gasteiger partial charge in [0.1, 0.15) is 17.1 Å². The summed E-state index contributed by atoms with van der Waals surface area (Å²) in [4.78, 5) is 40.2. The third kappa shape index (κ3) is 7.34. The number of hydrogen-bond acceptors (Lipinski definition) is 10. The number of carboxylic acid groups (broad SMARTS) is 1. The van der Waals surface area contributed by atoms with E-state index in [-0.39, 0.29) is 24.0 Å². The molecule has 5 rings (SSSR count). The van der Waals surface area contributed by atoms with Gasteiger partial charge in [0.05, 0.1) is 19.5 Å². The molecule has 2 aromatic carbocycles. The first-order valence-corrected chi connectivity index (χ1v) is 14.7. The monoisotopic (exact) mass is 616 g/mol. The van der Waals surface area contributed by atoms with Gasteiger partial charge in [0.2, 0.25) is 0 Å². The Hall–Kier alpha value is -5.11. The average molecular weight is 617 g/mol. The lowest BCUT2D eigenvalue weighted by molar-refractivity contribution is -0.145. The number of aliphatic carboxylic acids is 1. The van der Waals surface area contributed by atoms with Gasteiger partial charge in [0.15, 0.2) is 12.1 Å². The van der Waals surface area contributed by atoms with Crippen molar-refractivity contribution in [1.29, 1.82) is 0 Å². The predicted octanol–water partition coefficient (Wildman–Crippen LogP) is 2.58. The van der Waals surface area contributed by atoms with Crippen LogP contribution in [0.2, 0.25) is 0 Å². The van der Waals surface area contributed by atoms with Crippen LogP contribution in [0.3, 0.4) is 0 Å². The van der Waals surface area contributed by atoms with Crippen molar-refractivity contribution in [2.75, 3.05) is 33.3 Å². The van der Waals surface area contributed by atoms with Crippen molar-refractivity contribution in [3.05, 3.63) is 66.0 Å². The maximum absolute atomic E-state index is 13.6. The minimum absolute atomic E-state index is 0.112. The van der Waals surface area contributed by atoms with Crippen molar-refractivity contribution in [2.24, 2.45) is 5.92 Å². The first-order chi connectivity index (χ1) is 21.6. The number of hydrogen-bond donors (Lipinski definition) is 3. The van der Waals surface area contributed by atoms with E-state index in [0.29, 0.717) is 60.7 Å². The second kappa shape index (κ2) is 13.7. The lowest BCUT2D eigenvalue weighted by atomic mass is 10.0. The zero-order chi connectivity index (χ0) is 32.1. The van der Waals surface area contributed by atoms with E-state index in [1.165, 1.54) is 28.6 Å². The fourth-order valence-electron chi connectivity index (χ4n) is 5.26. The zero-order valence-corrected chi connectivity index (χ0v) is 25.3. The van der Waals surface area contributed by atoms with Crippen molar-refractivity contribution >= 4 is 17.8 Å². The molecule has 0 saturated carbocycles. The molecule has 1 amide bonds. The Morgan fingerprint density at radius 3 is 2.02 bits per heavy atom. The number of benzene rings is 2. The van der Waals surface area contributed by atoms with Gasteiger partial charge in [0.25, 0.3) is 5.91 Å². The Kier molecular flexibility index (Phi) is 9.52. The standard InChI is InChI=1S/C31H36N8O6/c1-19(2)12-27(30(42)43)38-17-25(33-35-38)21-14-22(16-23(15-21)29(41)37-10-8-32-9-11-37)26-18-39(36-34-26)28(31(44)45-3)13-20-4-6-24(40)7-5-20/h4-7,14-19,27-28,32,40H,8-13H2,1-3H3,(H,42,43)/t27-,28-/m0/s1. The molecule has 1 aliphatic heterocycles. The molecule has 0 unspecified atom stereocenters. The van der Waals surface area contributed by atoms with Crippen LogP contribution in [0.4, 0.5) is 0 Å². The van der Waals surface area contributed by atoms with Crippen LogP contribution >= 0.6 is 0 Å². The van der Waals surface area contributed by atoms with Gasteiger partial charge in [0, 0.05) is 49.3 Å². The number of carbonyl (C=O) groups is 3. The summed E-state index contributed by atoms with van der Waals surface area (Å²) in [7, 11) is 1.30. The highest BCUT2D eigenvalue weighted by Gasteiger charge is 2.26. The number of ether oxygens (including phenoxy) is 1. The van der Waals surface area contributed by atoms with Crippen molar-refractivity contribution in [3.63, 3.8) is 0 Å². The molecule has 14 heteroatoms. The number of carbonyl (C=O) groups excluding carboxylic acids is 2. The number of amides is 1. The molecule has 45 heavy (non-hydrogen) atoms. The van der Waals surface area contributed by atoms with E-state index in [9.17, 15) is 24.6 Å². The molecule has 1 saturated heterocycles. The second-order valence-electron chi connectivity index (χ2n) is 11.4. The number of nitrogens with zero attached hydrogens (tertiary/aromatic N) is 7. The number of rotatable bonds is 11. The molecule has 0 bridgehead atoms. The van der Waals surface area contributed by atoms with Crippen LogP contribution in [0.25, 0.3) is 22.5 Å². The van der Waals surface area contributed by atoms with Crippen LogP contribution < -0.4 is 5.32 Å². The molecule has 1 aliphatic rings. The summed E-state index contributed by atoms with van der Waals surface area (Å²) in [6.45, 7) is 6.35. The zero-order valence-electron chi connectivity index (χ0n) is 25.3. The normalized spacial score (nSPS) is 14.7. The topological polar surface area (TPSA) is 178 Å². The average Bonchev–Trinajstić information content (AvgIpc) is 3.74. The first-order valence-electron chi connectivity index (χ1n) is 14.7. The highest BCUT2D eigenvalue weighted by molar-refractivity contribution is 5.97. The number of phenols is 1. The SMILES string of the molecule is COC(=O)[C@H](Cc1ccc(O)cc1)n1cc(-c2cc(C(=O)N3CCNCC3)cc(-c3cn([C@@H](CC(C)C)C(=O)O)nn3)c2)nn1. The smallest absolute Gasteiger partial charge is 0.331 e. The number of phenolic OH excluding ortho intramolecular Hbond substituents is 1. The molecule has 0 spiro atoms. The molecule has 236 valence electrons. The highest BCUT2D eigenvalue weighted by atomic mass is 16.5. The number of nitrogens with one attached hydrogen (secondary N) is 1. The predicted molar refractivity (Wildman–Crippen MR) is 162 cm³/mol. The third-order valence-electron chi connectivity index (χ3n) is 7.65. The van der Waals surface area contributed by atoms with E-state index in [4.69, 9.17) is 4.74 Å². The van der Waals surface area contributed by atoms with E-state index in [2.05, 4.69) is 25.9 Å². The van der Waals surface area contributed by atoms with Gasteiger partial charge >= 0.3 is 11.9 Å². The van der Waals surface area contributed by atoms with Crippen molar-refractivity contribution < 1.29 is 29.3 Å². The van der Waals surface area contributed by atoms with Crippen molar-refractivity contribution in [2.45, 2.75) is 38.8 Å².